The Morgan fingerprint density at radius 3 is 2.66 bits per heavy atom. The van der Waals surface area contributed by atoms with Crippen LogP contribution >= 0.6 is 0 Å². The molecule has 2 aromatic rings. The molecule has 180 valence electrons. The van der Waals surface area contributed by atoms with Crippen molar-refractivity contribution in [3.8, 4) is 5.75 Å². The number of carbonyl (C=O) groups excluding carboxylic acids is 2. The number of ether oxygens (including phenoxy) is 1. The molecule has 4 rings (SSSR count). The highest BCUT2D eigenvalue weighted by Gasteiger charge is 2.33. The number of piperidine rings is 1. The van der Waals surface area contributed by atoms with Gasteiger partial charge in [0.25, 0.3) is 0 Å². The molecular formula is C27H29N5O3. The Balaban J connectivity index is 1.60. The van der Waals surface area contributed by atoms with Gasteiger partial charge >= 0.3 is 0 Å². The molecule has 1 aromatic carbocycles. The van der Waals surface area contributed by atoms with Crippen LogP contribution in [0.5, 0.6) is 5.75 Å². The predicted molar refractivity (Wildman–Crippen MR) is 138 cm³/mol. The minimum Gasteiger partial charge on any atom is -0.489 e. The molecule has 0 spiro atoms. The SMILES string of the molecule is C=CCOc1cccc(Nc2nc(NC(=O)C=C)c3c(n2)C(C2CCN(C(=O)C=C)CC2)C=C3)c1. The molecule has 8 nitrogen and oxygen atoms in total. The van der Waals surface area contributed by atoms with Gasteiger partial charge in [0.05, 0.1) is 5.69 Å². The first-order valence-corrected chi connectivity index (χ1v) is 11.6. The number of fused-ring (bicyclic) bond motifs is 1. The van der Waals surface area contributed by atoms with E-state index in [1.54, 1.807) is 6.08 Å². The molecule has 1 unspecified atom stereocenters. The molecule has 2 N–H and O–H groups in total. The molecule has 0 bridgehead atoms. The molecule has 1 fully saturated rings. The fourth-order valence-electron chi connectivity index (χ4n) is 4.45. The van der Waals surface area contributed by atoms with Crippen LogP contribution in [0.15, 0.2) is 68.3 Å². The maximum Gasteiger partial charge on any atom is 0.248 e. The second-order valence-electron chi connectivity index (χ2n) is 8.39. The number of carbonyl (C=O) groups is 2. The summed E-state index contributed by atoms with van der Waals surface area (Å²) in [7, 11) is 0. The zero-order valence-corrected chi connectivity index (χ0v) is 19.6. The molecule has 8 heteroatoms. The van der Waals surface area contributed by atoms with Gasteiger partial charge in [-0.1, -0.05) is 44.0 Å². The van der Waals surface area contributed by atoms with Gasteiger partial charge in [-0.25, -0.2) is 4.98 Å². The van der Waals surface area contributed by atoms with E-state index in [-0.39, 0.29) is 17.7 Å². The number of likely N-dealkylation sites (tertiary alicyclic amines) is 1. The second-order valence-corrected chi connectivity index (χ2v) is 8.39. The van der Waals surface area contributed by atoms with E-state index in [1.165, 1.54) is 12.2 Å². The van der Waals surface area contributed by atoms with E-state index in [9.17, 15) is 9.59 Å². The number of allylic oxidation sites excluding steroid dienone is 1. The van der Waals surface area contributed by atoms with E-state index in [0.29, 0.717) is 43.1 Å². The van der Waals surface area contributed by atoms with Crippen molar-refractivity contribution in [1.82, 2.24) is 14.9 Å². The third-order valence-corrected chi connectivity index (χ3v) is 6.18. The maximum atomic E-state index is 12.1. The van der Waals surface area contributed by atoms with Crippen molar-refractivity contribution in [3.05, 3.63) is 79.6 Å². The summed E-state index contributed by atoms with van der Waals surface area (Å²) in [5.41, 5.74) is 2.41. The third kappa shape index (κ3) is 5.48. The number of rotatable bonds is 9. The number of nitrogens with zero attached hydrogens (tertiary/aromatic N) is 3. The fraction of sp³-hybridized carbons (Fsp3) is 0.259. The van der Waals surface area contributed by atoms with Gasteiger partial charge in [-0.2, -0.15) is 4.98 Å². The zero-order valence-electron chi connectivity index (χ0n) is 19.6. The Morgan fingerprint density at radius 1 is 1.14 bits per heavy atom. The Labute approximate surface area is 205 Å². The van der Waals surface area contributed by atoms with Crippen molar-refractivity contribution < 1.29 is 14.3 Å². The van der Waals surface area contributed by atoms with Crippen LogP contribution in [-0.2, 0) is 9.59 Å². The molecular weight excluding hydrogens is 442 g/mol. The molecule has 1 aromatic heterocycles. The lowest BCUT2D eigenvalue weighted by atomic mass is 9.83. The Bertz CT molecular complexity index is 1180. The number of nitrogens with one attached hydrogen (secondary N) is 2. The molecule has 1 atom stereocenters. The van der Waals surface area contributed by atoms with Gasteiger partial charge in [0, 0.05) is 36.3 Å². The van der Waals surface area contributed by atoms with Crippen molar-refractivity contribution in [3.63, 3.8) is 0 Å². The summed E-state index contributed by atoms with van der Waals surface area (Å²) in [6.45, 7) is 12.6. The van der Waals surface area contributed by atoms with Crippen LogP contribution in [0.4, 0.5) is 17.5 Å². The van der Waals surface area contributed by atoms with Gasteiger partial charge < -0.3 is 20.3 Å². The lowest BCUT2D eigenvalue weighted by Gasteiger charge is -2.34. The lowest BCUT2D eigenvalue weighted by molar-refractivity contribution is -0.127. The first-order valence-electron chi connectivity index (χ1n) is 11.6. The van der Waals surface area contributed by atoms with Crippen LogP contribution < -0.4 is 15.4 Å². The van der Waals surface area contributed by atoms with Crippen LogP contribution in [0.1, 0.15) is 30.0 Å². The normalized spacial score (nSPS) is 16.8. The molecule has 2 amide bonds. The number of aromatic nitrogens is 2. The standard InChI is InChI=1S/C27H29N5O3/c1-4-16-35-20-9-7-8-19(17-20)28-27-30-25-21(18-12-14-32(15-13-18)24(34)6-3)10-11-22(25)26(31-27)29-23(33)5-2/h4-11,17-18,21H,1-3,12-16H2,(H2,28,29,30,31,33). The van der Waals surface area contributed by atoms with Crippen LogP contribution in [0.2, 0.25) is 0 Å². The van der Waals surface area contributed by atoms with Crippen LogP contribution in [0, 0.1) is 5.92 Å². The highest BCUT2D eigenvalue weighted by molar-refractivity contribution is 6.00. The molecule has 0 saturated carbocycles. The smallest absolute Gasteiger partial charge is 0.248 e. The summed E-state index contributed by atoms with van der Waals surface area (Å²) in [5.74, 6) is 1.50. The second kappa shape index (κ2) is 10.8. The van der Waals surface area contributed by atoms with E-state index < -0.39 is 0 Å². The first-order chi connectivity index (χ1) is 17.0. The number of amides is 2. The lowest BCUT2D eigenvalue weighted by Crippen LogP contribution is -2.38. The van der Waals surface area contributed by atoms with Crippen LogP contribution in [0.25, 0.3) is 6.08 Å². The minimum atomic E-state index is -0.343. The molecule has 35 heavy (non-hydrogen) atoms. The van der Waals surface area contributed by atoms with Crippen molar-refractivity contribution in [2.45, 2.75) is 18.8 Å². The van der Waals surface area contributed by atoms with Gasteiger partial charge in [-0.05, 0) is 43.0 Å². The molecule has 1 aliphatic carbocycles. The fourth-order valence-corrected chi connectivity index (χ4v) is 4.45. The van der Waals surface area contributed by atoms with Crippen molar-refractivity contribution >= 4 is 35.3 Å². The Morgan fingerprint density at radius 2 is 1.94 bits per heavy atom. The Kier molecular flexibility index (Phi) is 7.40. The summed E-state index contributed by atoms with van der Waals surface area (Å²) in [4.78, 5) is 35.3. The summed E-state index contributed by atoms with van der Waals surface area (Å²) in [5, 5.41) is 6.05. The minimum absolute atomic E-state index is 0.0339. The van der Waals surface area contributed by atoms with Crippen LogP contribution in [0.3, 0.4) is 0 Å². The highest BCUT2D eigenvalue weighted by atomic mass is 16.5. The largest absolute Gasteiger partial charge is 0.489 e. The first kappa shape index (κ1) is 23.9. The zero-order chi connectivity index (χ0) is 24.8. The topological polar surface area (TPSA) is 96.4 Å². The average Bonchev–Trinajstić information content (AvgIpc) is 3.31. The molecule has 1 saturated heterocycles. The summed E-state index contributed by atoms with van der Waals surface area (Å²) >= 11 is 0. The number of hydrogen-bond acceptors (Lipinski definition) is 6. The number of anilines is 3. The Hall–Kier alpha value is -4.20. The summed E-state index contributed by atoms with van der Waals surface area (Å²) in [6, 6.07) is 7.47. The van der Waals surface area contributed by atoms with E-state index in [1.807, 2.05) is 35.2 Å². The van der Waals surface area contributed by atoms with Gasteiger partial charge in [0.2, 0.25) is 17.8 Å². The maximum absolute atomic E-state index is 12.1. The molecule has 0 radical (unpaired) electrons. The average molecular weight is 472 g/mol. The quantitative estimate of drug-likeness (QED) is 0.415. The van der Waals surface area contributed by atoms with Gasteiger partial charge in [-0.15, -0.1) is 0 Å². The van der Waals surface area contributed by atoms with Crippen molar-refractivity contribution in [2.75, 3.05) is 30.3 Å². The monoisotopic (exact) mass is 471 g/mol. The van der Waals surface area contributed by atoms with Crippen molar-refractivity contribution in [1.29, 1.82) is 0 Å². The van der Waals surface area contributed by atoms with E-state index in [4.69, 9.17) is 9.72 Å². The van der Waals surface area contributed by atoms with E-state index in [2.05, 4.69) is 41.4 Å². The van der Waals surface area contributed by atoms with E-state index >= 15 is 0 Å². The molecule has 2 aliphatic rings. The van der Waals surface area contributed by atoms with Gasteiger partial charge in [-0.3, -0.25) is 9.59 Å². The van der Waals surface area contributed by atoms with Crippen molar-refractivity contribution in [2.24, 2.45) is 5.92 Å². The number of benzene rings is 1. The predicted octanol–water partition coefficient (Wildman–Crippen LogP) is 4.44. The molecule has 1 aliphatic heterocycles. The summed E-state index contributed by atoms with van der Waals surface area (Å²) < 4.78 is 5.62. The highest BCUT2D eigenvalue weighted by Crippen LogP contribution is 2.42. The van der Waals surface area contributed by atoms with Gasteiger partial charge in [0.1, 0.15) is 18.2 Å². The van der Waals surface area contributed by atoms with Gasteiger partial charge in [0.15, 0.2) is 0 Å². The third-order valence-electron chi connectivity index (χ3n) is 6.18. The number of hydrogen-bond donors (Lipinski definition) is 2. The van der Waals surface area contributed by atoms with E-state index in [0.717, 1.165) is 29.8 Å². The summed E-state index contributed by atoms with van der Waals surface area (Å²) in [6.07, 6.45) is 10.1. The van der Waals surface area contributed by atoms with Crippen LogP contribution in [-0.4, -0.2) is 46.4 Å². The molecule has 2 heterocycles.